The van der Waals surface area contributed by atoms with Crippen LogP contribution in [0.2, 0.25) is 0 Å². The molecular formula is C16H15ClN2O. The number of alkyl halides is 1. The Kier molecular flexibility index (Phi) is 3.14. The Morgan fingerprint density at radius 2 is 1.55 bits per heavy atom. The van der Waals surface area contributed by atoms with Crippen molar-refractivity contribution in [3.05, 3.63) is 69.1 Å². The van der Waals surface area contributed by atoms with Gasteiger partial charge in [0.2, 0.25) is 0 Å². The second-order valence-corrected chi connectivity index (χ2v) is 5.53. The molecule has 0 radical (unpaired) electrons. The lowest BCUT2D eigenvalue weighted by Gasteiger charge is -2.12. The van der Waals surface area contributed by atoms with Crippen molar-refractivity contribution in [2.45, 2.75) is 19.2 Å². The molecule has 0 spiro atoms. The Labute approximate surface area is 121 Å². The third-order valence-electron chi connectivity index (χ3n) is 3.66. The predicted molar refractivity (Wildman–Crippen MR) is 82.5 cm³/mol. The SMILES string of the molecule is Cc1ccc(C(Cl)c2ccc3[nH]c(=O)[nH]c3c2)cc1C. The van der Waals surface area contributed by atoms with Crippen molar-refractivity contribution in [2.75, 3.05) is 0 Å². The summed E-state index contributed by atoms with van der Waals surface area (Å²) in [6.45, 7) is 4.16. The highest BCUT2D eigenvalue weighted by atomic mass is 35.5. The van der Waals surface area contributed by atoms with Crippen molar-refractivity contribution in [3.8, 4) is 0 Å². The van der Waals surface area contributed by atoms with Crippen molar-refractivity contribution < 1.29 is 0 Å². The molecule has 0 bridgehead atoms. The zero-order valence-corrected chi connectivity index (χ0v) is 12.1. The molecule has 0 saturated carbocycles. The van der Waals surface area contributed by atoms with Gasteiger partial charge in [-0.05, 0) is 48.2 Å². The van der Waals surface area contributed by atoms with Crippen LogP contribution in [0.15, 0.2) is 41.2 Å². The van der Waals surface area contributed by atoms with Crippen LogP contribution in [-0.2, 0) is 0 Å². The lowest BCUT2D eigenvalue weighted by Crippen LogP contribution is -1.99. The summed E-state index contributed by atoms with van der Waals surface area (Å²) in [5, 5.41) is -0.225. The fraction of sp³-hybridized carbons (Fsp3) is 0.188. The average Bonchev–Trinajstić information content (AvgIpc) is 2.80. The van der Waals surface area contributed by atoms with E-state index < -0.39 is 0 Å². The normalized spacial score (nSPS) is 12.8. The van der Waals surface area contributed by atoms with Crippen molar-refractivity contribution in [2.24, 2.45) is 0 Å². The van der Waals surface area contributed by atoms with E-state index in [0.29, 0.717) is 0 Å². The summed E-state index contributed by atoms with van der Waals surface area (Å²) in [5.74, 6) is 0. The molecule has 0 saturated heterocycles. The number of halogens is 1. The van der Waals surface area contributed by atoms with Gasteiger partial charge in [-0.25, -0.2) is 4.79 Å². The Balaban J connectivity index is 2.04. The van der Waals surface area contributed by atoms with Gasteiger partial charge in [-0.1, -0.05) is 24.3 Å². The monoisotopic (exact) mass is 286 g/mol. The van der Waals surface area contributed by atoms with Crippen LogP contribution in [0.25, 0.3) is 11.0 Å². The van der Waals surface area contributed by atoms with Gasteiger partial charge in [0.1, 0.15) is 0 Å². The van der Waals surface area contributed by atoms with Gasteiger partial charge in [-0.15, -0.1) is 11.6 Å². The Hall–Kier alpha value is -2.00. The number of nitrogens with one attached hydrogen (secondary N) is 2. The van der Waals surface area contributed by atoms with Crippen LogP contribution in [0, 0.1) is 13.8 Å². The summed E-state index contributed by atoms with van der Waals surface area (Å²) < 4.78 is 0. The molecule has 0 aliphatic carbocycles. The maximum absolute atomic E-state index is 11.3. The second-order valence-electron chi connectivity index (χ2n) is 5.09. The number of benzene rings is 2. The number of aromatic amines is 2. The van der Waals surface area contributed by atoms with Gasteiger partial charge in [0, 0.05) is 0 Å². The van der Waals surface area contributed by atoms with Gasteiger partial charge in [-0.2, -0.15) is 0 Å². The fourth-order valence-electron chi connectivity index (χ4n) is 2.32. The molecule has 1 heterocycles. The molecule has 1 unspecified atom stereocenters. The van der Waals surface area contributed by atoms with Crippen molar-refractivity contribution >= 4 is 22.6 Å². The van der Waals surface area contributed by atoms with Crippen molar-refractivity contribution in [1.82, 2.24) is 9.97 Å². The van der Waals surface area contributed by atoms with E-state index in [4.69, 9.17) is 11.6 Å². The van der Waals surface area contributed by atoms with E-state index in [0.717, 1.165) is 22.2 Å². The summed E-state index contributed by atoms with van der Waals surface area (Å²) in [6.07, 6.45) is 0. The quantitative estimate of drug-likeness (QED) is 0.692. The molecule has 0 aliphatic heterocycles. The molecule has 1 aromatic heterocycles. The molecule has 0 fully saturated rings. The van der Waals surface area contributed by atoms with E-state index in [1.165, 1.54) is 11.1 Å². The molecule has 3 aromatic rings. The number of H-pyrrole nitrogens is 2. The molecule has 2 aromatic carbocycles. The van der Waals surface area contributed by atoms with E-state index >= 15 is 0 Å². The van der Waals surface area contributed by atoms with E-state index in [1.54, 1.807) is 0 Å². The number of rotatable bonds is 2. The van der Waals surface area contributed by atoms with Crippen LogP contribution < -0.4 is 5.69 Å². The minimum absolute atomic E-state index is 0.200. The summed E-state index contributed by atoms with van der Waals surface area (Å²) in [6, 6.07) is 12.0. The third kappa shape index (κ3) is 2.25. The second kappa shape index (κ2) is 4.84. The first-order valence-corrected chi connectivity index (χ1v) is 6.91. The first kappa shape index (κ1) is 13.0. The van der Waals surface area contributed by atoms with Gasteiger partial charge in [0.25, 0.3) is 0 Å². The van der Waals surface area contributed by atoms with Crippen LogP contribution in [-0.4, -0.2) is 9.97 Å². The molecule has 4 heteroatoms. The summed E-state index contributed by atoms with van der Waals surface area (Å²) in [4.78, 5) is 16.8. The molecule has 102 valence electrons. The Morgan fingerprint density at radius 3 is 2.30 bits per heavy atom. The fourth-order valence-corrected chi connectivity index (χ4v) is 2.59. The Bertz CT molecular complexity index is 832. The van der Waals surface area contributed by atoms with E-state index in [-0.39, 0.29) is 11.1 Å². The van der Waals surface area contributed by atoms with E-state index in [2.05, 4.69) is 35.9 Å². The maximum atomic E-state index is 11.3. The molecule has 0 amide bonds. The minimum Gasteiger partial charge on any atom is -0.306 e. The highest BCUT2D eigenvalue weighted by molar-refractivity contribution is 6.22. The first-order valence-electron chi connectivity index (χ1n) is 6.48. The summed E-state index contributed by atoms with van der Waals surface area (Å²) >= 11 is 6.56. The van der Waals surface area contributed by atoms with Crippen LogP contribution in [0.1, 0.15) is 27.6 Å². The molecular weight excluding hydrogens is 272 g/mol. The Morgan fingerprint density at radius 1 is 0.900 bits per heavy atom. The molecule has 3 nitrogen and oxygen atoms in total. The number of hydrogen-bond donors (Lipinski definition) is 2. The van der Waals surface area contributed by atoms with Gasteiger partial charge in [0.15, 0.2) is 0 Å². The molecule has 1 atom stereocenters. The predicted octanol–water partition coefficient (Wildman–Crippen LogP) is 3.80. The number of hydrogen-bond acceptors (Lipinski definition) is 1. The average molecular weight is 287 g/mol. The lowest BCUT2D eigenvalue weighted by molar-refractivity contribution is 1.13. The number of aryl methyl sites for hydroxylation is 2. The summed E-state index contributed by atoms with van der Waals surface area (Å²) in [7, 11) is 0. The van der Waals surface area contributed by atoms with Crippen molar-refractivity contribution in [1.29, 1.82) is 0 Å². The van der Waals surface area contributed by atoms with Crippen LogP contribution in [0.5, 0.6) is 0 Å². The van der Waals surface area contributed by atoms with Crippen molar-refractivity contribution in [3.63, 3.8) is 0 Å². The molecule has 0 aliphatic rings. The molecule has 3 rings (SSSR count). The standard InChI is InChI=1S/C16H15ClN2O/c1-9-3-4-11(7-10(9)2)15(17)12-5-6-13-14(8-12)19-16(20)18-13/h3-8,15H,1-2H3,(H2,18,19,20). The lowest BCUT2D eigenvalue weighted by atomic mass is 10.00. The van der Waals surface area contributed by atoms with Gasteiger partial charge in [0.05, 0.1) is 16.4 Å². The van der Waals surface area contributed by atoms with Crippen LogP contribution >= 0.6 is 11.6 Å². The number of aromatic nitrogens is 2. The topological polar surface area (TPSA) is 48.6 Å². The van der Waals surface area contributed by atoms with Crippen LogP contribution in [0.4, 0.5) is 0 Å². The van der Waals surface area contributed by atoms with Gasteiger partial charge >= 0.3 is 5.69 Å². The largest absolute Gasteiger partial charge is 0.323 e. The zero-order valence-electron chi connectivity index (χ0n) is 11.3. The zero-order chi connectivity index (χ0) is 14.3. The van der Waals surface area contributed by atoms with E-state index in [9.17, 15) is 4.79 Å². The highest BCUT2D eigenvalue weighted by Crippen LogP contribution is 2.31. The minimum atomic E-state index is -0.225. The molecule has 20 heavy (non-hydrogen) atoms. The summed E-state index contributed by atoms with van der Waals surface area (Å²) in [5.41, 5.74) is 5.89. The maximum Gasteiger partial charge on any atom is 0.323 e. The number of fused-ring (bicyclic) bond motifs is 1. The first-order chi connectivity index (χ1) is 9.54. The van der Waals surface area contributed by atoms with Gasteiger partial charge in [-0.3, -0.25) is 0 Å². The van der Waals surface area contributed by atoms with Crippen LogP contribution in [0.3, 0.4) is 0 Å². The smallest absolute Gasteiger partial charge is 0.306 e. The highest BCUT2D eigenvalue weighted by Gasteiger charge is 2.12. The molecule has 2 N–H and O–H groups in total. The van der Waals surface area contributed by atoms with Gasteiger partial charge < -0.3 is 9.97 Å². The third-order valence-corrected chi connectivity index (χ3v) is 4.16. The number of imidazole rings is 1. The van der Waals surface area contributed by atoms with E-state index in [1.807, 2.05) is 24.3 Å².